The highest BCUT2D eigenvalue weighted by molar-refractivity contribution is 7.89. The Balaban J connectivity index is 1.33. The molecule has 0 unspecified atom stereocenters. The van der Waals surface area contributed by atoms with Gasteiger partial charge in [0.05, 0.1) is 15.1 Å². The molecule has 1 saturated heterocycles. The van der Waals surface area contributed by atoms with E-state index in [1.165, 1.54) is 4.31 Å². The number of nitrogens with one attached hydrogen (secondary N) is 1. The summed E-state index contributed by atoms with van der Waals surface area (Å²) in [4.78, 5) is 30.1. The Bertz CT molecular complexity index is 1520. The molecule has 0 aliphatic carbocycles. The molecular weight excluding hydrogens is 460 g/mol. The molecule has 1 fully saturated rings. The second kappa shape index (κ2) is 8.12. The number of carbonyl (C=O) groups excluding carboxylic acids is 1. The van der Waals surface area contributed by atoms with Crippen LogP contribution in [0.1, 0.15) is 30.2 Å². The molecule has 0 bridgehead atoms. The molecule has 3 heterocycles. The van der Waals surface area contributed by atoms with Gasteiger partial charge >= 0.3 is 4.87 Å². The monoisotopic (exact) mass is 484 g/mol. The molecule has 0 atom stereocenters. The second-order valence-electron chi connectivity index (χ2n) is 8.44. The lowest BCUT2D eigenvalue weighted by Crippen LogP contribution is -2.50. The minimum absolute atomic E-state index is 0.00274. The zero-order valence-corrected chi connectivity index (χ0v) is 19.9. The van der Waals surface area contributed by atoms with Gasteiger partial charge < -0.3 is 9.88 Å². The molecule has 0 saturated carbocycles. The van der Waals surface area contributed by atoms with E-state index in [1.807, 2.05) is 38.2 Å². The fourth-order valence-electron chi connectivity index (χ4n) is 4.31. The molecule has 33 heavy (non-hydrogen) atoms. The number of aromatic nitrogens is 2. The van der Waals surface area contributed by atoms with Gasteiger partial charge in [0.25, 0.3) is 5.91 Å². The number of rotatable bonds is 4. The molecule has 8 nitrogen and oxygen atoms in total. The van der Waals surface area contributed by atoms with Crippen LogP contribution in [0.4, 0.5) is 0 Å². The van der Waals surface area contributed by atoms with E-state index in [4.69, 9.17) is 0 Å². The summed E-state index contributed by atoms with van der Waals surface area (Å²) in [6.45, 7) is 4.94. The van der Waals surface area contributed by atoms with Gasteiger partial charge in [0.2, 0.25) is 10.0 Å². The zero-order valence-electron chi connectivity index (χ0n) is 18.3. The number of benzene rings is 2. The lowest BCUT2D eigenvalue weighted by molar-refractivity contribution is 0.0698. The van der Waals surface area contributed by atoms with Crippen LogP contribution in [0.15, 0.2) is 58.4 Å². The SMILES string of the molecule is CC(C)n1c(=O)sc2cc(S(=O)(=O)N3CCN(C(=O)c4ccc5cc[nH]c5c4)CC3)ccc21. The van der Waals surface area contributed by atoms with Crippen molar-refractivity contribution < 1.29 is 13.2 Å². The summed E-state index contributed by atoms with van der Waals surface area (Å²) in [6, 6.07) is 12.3. The number of thiazole rings is 1. The Labute approximate surface area is 195 Å². The Morgan fingerprint density at radius 3 is 2.52 bits per heavy atom. The van der Waals surface area contributed by atoms with Gasteiger partial charge in [-0.2, -0.15) is 4.31 Å². The van der Waals surface area contributed by atoms with Gasteiger partial charge in [0, 0.05) is 49.5 Å². The molecule has 0 radical (unpaired) electrons. The van der Waals surface area contributed by atoms with Crippen molar-refractivity contribution in [3.8, 4) is 0 Å². The lowest BCUT2D eigenvalue weighted by Gasteiger charge is -2.34. The first kappa shape index (κ1) is 21.9. The van der Waals surface area contributed by atoms with Crippen LogP contribution >= 0.6 is 11.3 Å². The molecule has 1 aliphatic heterocycles. The first-order valence-electron chi connectivity index (χ1n) is 10.8. The Hall–Kier alpha value is -2.95. The average molecular weight is 485 g/mol. The molecular formula is C23H24N4O4S2. The third-order valence-electron chi connectivity index (χ3n) is 6.07. The summed E-state index contributed by atoms with van der Waals surface area (Å²) in [5, 5.41) is 1.04. The van der Waals surface area contributed by atoms with Crippen LogP contribution < -0.4 is 4.87 Å². The van der Waals surface area contributed by atoms with Crippen molar-refractivity contribution in [1.82, 2.24) is 18.8 Å². The van der Waals surface area contributed by atoms with Crippen molar-refractivity contribution in [3.05, 3.63) is 63.9 Å². The van der Waals surface area contributed by atoms with Gasteiger partial charge in [-0.15, -0.1) is 0 Å². The molecule has 1 N–H and O–H groups in total. The highest BCUT2D eigenvalue weighted by Gasteiger charge is 2.31. The van der Waals surface area contributed by atoms with Crippen LogP contribution in [0.3, 0.4) is 0 Å². The summed E-state index contributed by atoms with van der Waals surface area (Å²) in [6.07, 6.45) is 1.83. The van der Waals surface area contributed by atoms with Gasteiger partial charge in [0.15, 0.2) is 0 Å². The van der Waals surface area contributed by atoms with Crippen LogP contribution in [0.25, 0.3) is 21.1 Å². The maximum Gasteiger partial charge on any atom is 0.308 e. The van der Waals surface area contributed by atoms with Crippen molar-refractivity contribution in [2.75, 3.05) is 26.2 Å². The molecule has 2 aromatic carbocycles. The maximum absolute atomic E-state index is 13.3. The highest BCUT2D eigenvalue weighted by Crippen LogP contribution is 2.26. The predicted molar refractivity (Wildman–Crippen MR) is 129 cm³/mol. The fraction of sp³-hybridized carbons (Fsp3) is 0.304. The third-order valence-corrected chi connectivity index (χ3v) is 8.88. The van der Waals surface area contributed by atoms with Crippen molar-refractivity contribution >= 4 is 48.4 Å². The van der Waals surface area contributed by atoms with Gasteiger partial charge in [-0.25, -0.2) is 8.42 Å². The number of hydrogen-bond acceptors (Lipinski definition) is 5. The average Bonchev–Trinajstić information content (AvgIpc) is 3.40. The van der Waals surface area contributed by atoms with E-state index < -0.39 is 10.0 Å². The second-order valence-corrected chi connectivity index (χ2v) is 11.4. The number of aromatic amines is 1. The standard InChI is InChI=1S/C23H24N4O4S2/c1-15(2)27-20-6-5-18(14-21(20)32-23(27)29)33(30,31)26-11-9-25(10-12-26)22(28)17-4-3-16-7-8-24-19(16)13-17/h3-8,13-15,24H,9-12H2,1-2H3. The minimum atomic E-state index is -3.73. The molecule has 0 spiro atoms. The third kappa shape index (κ3) is 3.77. The lowest BCUT2D eigenvalue weighted by atomic mass is 10.1. The number of fused-ring (bicyclic) bond motifs is 2. The number of amides is 1. The van der Waals surface area contributed by atoms with Crippen molar-refractivity contribution in [1.29, 1.82) is 0 Å². The first-order valence-corrected chi connectivity index (χ1v) is 13.0. The van der Waals surface area contributed by atoms with Crippen molar-refractivity contribution in [2.45, 2.75) is 24.8 Å². The normalized spacial score (nSPS) is 15.7. The Morgan fingerprint density at radius 2 is 1.79 bits per heavy atom. The molecule has 2 aromatic heterocycles. The van der Waals surface area contributed by atoms with E-state index in [1.54, 1.807) is 33.7 Å². The zero-order chi connectivity index (χ0) is 23.3. The Kier molecular flexibility index (Phi) is 5.38. The predicted octanol–water partition coefficient (Wildman–Crippen LogP) is 3.27. The van der Waals surface area contributed by atoms with Crippen molar-refractivity contribution in [2.24, 2.45) is 0 Å². The highest BCUT2D eigenvalue weighted by atomic mass is 32.2. The van der Waals surface area contributed by atoms with Crippen molar-refractivity contribution in [3.63, 3.8) is 0 Å². The van der Waals surface area contributed by atoms with Gasteiger partial charge in [-0.1, -0.05) is 17.4 Å². The van der Waals surface area contributed by atoms with Crippen LogP contribution in [-0.2, 0) is 10.0 Å². The van der Waals surface area contributed by atoms with Crippen LogP contribution in [0.2, 0.25) is 0 Å². The summed E-state index contributed by atoms with van der Waals surface area (Å²) in [5.41, 5.74) is 2.22. The molecule has 1 amide bonds. The number of nitrogens with zero attached hydrogens (tertiary/aromatic N) is 3. The summed E-state index contributed by atoms with van der Waals surface area (Å²) < 4.78 is 30.3. The van der Waals surface area contributed by atoms with E-state index in [9.17, 15) is 18.0 Å². The van der Waals surface area contributed by atoms with Crippen LogP contribution in [0, 0.1) is 0 Å². The van der Waals surface area contributed by atoms with E-state index >= 15 is 0 Å². The molecule has 1 aliphatic rings. The number of hydrogen-bond donors (Lipinski definition) is 1. The number of sulfonamides is 1. The fourth-order valence-corrected chi connectivity index (χ4v) is 6.89. The smallest absolute Gasteiger partial charge is 0.308 e. The summed E-state index contributed by atoms with van der Waals surface area (Å²) in [7, 11) is -3.73. The van der Waals surface area contributed by atoms with E-state index in [-0.39, 0.29) is 34.8 Å². The van der Waals surface area contributed by atoms with E-state index in [0.717, 1.165) is 27.8 Å². The molecule has 172 valence electrons. The largest absolute Gasteiger partial charge is 0.361 e. The van der Waals surface area contributed by atoms with Crippen LogP contribution in [-0.4, -0.2) is 59.3 Å². The molecule has 4 aromatic rings. The number of H-pyrrole nitrogens is 1. The summed E-state index contributed by atoms with van der Waals surface area (Å²) >= 11 is 1.06. The molecule has 5 rings (SSSR count). The number of piperazine rings is 1. The van der Waals surface area contributed by atoms with E-state index in [2.05, 4.69) is 4.98 Å². The molecule has 10 heteroatoms. The minimum Gasteiger partial charge on any atom is -0.361 e. The van der Waals surface area contributed by atoms with E-state index in [0.29, 0.717) is 23.4 Å². The van der Waals surface area contributed by atoms with Crippen LogP contribution in [0.5, 0.6) is 0 Å². The van der Waals surface area contributed by atoms with Gasteiger partial charge in [-0.3, -0.25) is 14.2 Å². The topological polar surface area (TPSA) is 95.5 Å². The maximum atomic E-state index is 13.3. The van der Waals surface area contributed by atoms with Gasteiger partial charge in [-0.05, 0) is 55.6 Å². The first-order chi connectivity index (χ1) is 15.8. The quantitative estimate of drug-likeness (QED) is 0.481. The summed E-state index contributed by atoms with van der Waals surface area (Å²) in [5.74, 6) is -0.107. The Morgan fingerprint density at radius 1 is 1.03 bits per heavy atom. The number of carbonyl (C=O) groups is 1. The van der Waals surface area contributed by atoms with Gasteiger partial charge in [0.1, 0.15) is 0 Å².